The SMILES string of the molecule is C=C(COCCCCCCCCCCC)C(=O)OCC[n+]1ccccc1.[Br-]. The fourth-order valence-electron chi connectivity index (χ4n) is 2.70. The normalized spacial score (nSPS) is 10.3. The van der Waals surface area contributed by atoms with Gasteiger partial charge in [0.2, 0.25) is 0 Å². The van der Waals surface area contributed by atoms with E-state index in [2.05, 4.69) is 13.5 Å². The maximum Gasteiger partial charge on any atom is 0.335 e. The van der Waals surface area contributed by atoms with Gasteiger partial charge in [-0.25, -0.2) is 9.36 Å². The lowest BCUT2D eigenvalue weighted by Crippen LogP contribution is -3.00. The van der Waals surface area contributed by atoms with Crippen LogP contribution in [0.3, 0.4) is 0 Å². The molecular weight excluding hydrogens is 406 g/mol. The second kappa shape index (κ2) is 18.2. The minimum absolute atomic E-state index is 0. The molecule has 0 aliphatic carbocycles. The summed E-state index contributed by atoms with van der Waals surface area (Å²) in [6, 6.07) is 5.84. The Labute approximate surface area is 175 Å². The minimum Gasteiger partial charge on any atom is -1.00 e. The smallest absolute Gasteiger partial charge is 0.335 e. The van der Waals surface area contributed by atoms with Crippen LogP contribution in [0.2, 0.25) is 0 Å². The number of pyridine rings is 1. The molecule has 0 unspecified atom stereocenters. The third kappa shape index (κ3) is 14.5. The monoisotopic (exact) mass is 441 g/mol. The summed E-state index contributed by atoms with van der Waals surface area (Å²) in [7, 11) is 0. The van der Waals surface area contributed by atoms with Gasteiger partial charge < -0.3 is 26.5 Å². The van der Waals surface area contributed by atoms with Crippen molar-refractivity contribution in [2.24, 2.45) is 0 Å². The van der Waals surface area contributed by atoms with Gasteiger partial charge in [-0.3, -0.25) is 0 Å². The molecule has 1 rings (SSSR count). The fraction of sp³-hybridized carbons (Fsp3) is 0.636. The van der Waals surface area contributed by atoms with Gasteiger partial charge in [-0.05, 0) is 6.42 Å². The topological polar surface area (TPSA) is 39.4 Å². The van der Waals surface area contributed by atoms with Gasteiger partial charge in [0.1, 0.15) is 0 Å². The average Bonchev–Trinajstić information content (AvgIpc) is 2.66. The lowest BCUT2D eigenvalue weighted by Gasteiger charge is -2.07. The van der Waals surface area contributed by atoms with Crippen molar-refractivity contribution in [2.45, 2.75) is 71.3 Å². The van der Waals surface area contributed by atoms with E-state index in [1.54, 1.807) is 0 Å². The first-order valence-corrected chi connectivity index (χ1v) is 10.1. The van der Waals surface area contributed by atoms with Crippen molar-refractivity contribution in [1.82, 2.24) is 0 Å². The number of carbonyl (C=O) groups is 1. The molecule has 0 amide bonds. The predicted octanol–water partition coefficient (Wildman–Crippen LogP) is 1.62. The summed E-state index contributed by atoms with van der Waals surface area (Å²) in [5.74, 6) is -0.367. The molecule has 1 aromatic heterocycles. The summed E-state index contributed by atoms with van der Waals surface area (Å²) in [6.07, 6.45) is 15.5. The molecule has 0 aromatic carbocycles. The Hall–Kier alpha value is -1.20. The molecule has 0 saturated carbocycles. The Kier molecular flexibility index (Phi) is 17.4. The zero-order chi connectivity index (χ0) is 18.9. The van der Waals surface area contributed by atoms with E-state index in [0.29, 0.717) is 25.3 Å². The molecule has 0 aliphatic heterocycles. The van der Waals surface area contributed by atoms with Crippen LogP contribution in [0.25, 0.3) is 0 Å². The van der Waals surface area contributed by atoms with Crippen LogP contribution in [0.15, 0.2) is 42.7 Å². The zero-order valence-electron chi connectivity index (χ0n) is 16.8. The Morgan fingerprint density at radius 1 is 0.889 bits per heavy atom. The van der Waals surface area contributed by atoms with Gasteiger partial charge in [0, 0.05) is 18.7 Å². The highest BCUT2D eigenvalue weighted by Crippen LogP contribution is 2.09. The van der Waals surface area contributed by atoms with Crippen molar-refractivity contribution in [1.29, 1.82) is 0 Å². The first kappa shape index (κ1) is 25.8. The standard InChI is InChI=1S/C22H36NO3.BrH/c1-3-4-5-6-7-8-9-10-14-18-25-20-21(2)22(24)26-19-17-23-15-12-11-13-16-23;/h11-13,15-16H,2-10,14,17-20H2,1H3;1H/q+1;/p-1. The molecule has 1 aromatic rings. The van der Waals surface area contributed by atoms with E-state index < -0.39 is 0 Å². The lowest BCUT2D eigenvalue weighted by molar-refractivity contribution is -0.697. The summed E-state index contributed by atoms with van der Waals surface area (Å²) >= 11 is 0. The number of ether oxygens (including phenoxy) is 2. The average molecular weight is 442 g/mol. The predicted molar refractivity (Wildman–Crippen MR) is 105 cm³/mol. The Bertz CT molecular complexity index is 494. The van der Waals surface area contributed by atoms with Crippen molar-refractivity contribution in [3.05, 3.63) is 42.7 Å². The molecule has 0 spiro atoms. The van der Waals surface area contributed by atoms with Crippen LogP contribution in [-0.4, -0.2) is 25.8 Å². The molecule has 0 N–H and O–H groups in total. The molecule has 1 heterocycles. The molecule has 5 heteroatoms. The number of hydrogen-bond acceptors (Lipinski definition) is 3. The highest BCUT2D eigenvalue weighted by Gasteiger charge is 2.09. The van der Waals surface area contributed by atoms with Crippen molar-refractivity contribution < 1.29 is 35.8 Å². The molecule has 0 aliphatic rings. The quantitative estimate of drug-likeness (QED) is 0.169. The second-order valence-corrected chi connectivity index (χ2v) is 6.73. The van der Waals surface area contributed by atoms with Gasteiger partial charge in [0.15, 0.2) is 25.5 Å². The van der Waals surface area contributed by atoms with Gasteiger partial charge in [0.05, 0.1) is 12.2 Å². The van der Waals surface area contributed by atoms with E-state index >= 15 is 0 Å². The van der Waals surface area contributed by atoms with Gasteiger partial charge in [-0.15, -0.1) is 0 Å². The van der Waals surface area contributed by atoms with E-state index in [9.17, 15) is 4.79 Å². The number of hydrogen-bond donors (Lipinski definition) is 0. The first-order chi connectivity index (χ1) is 12.7. The molecule has 0 atom stereocenters. The lowest BCUT2D eigenvalue weighted by atomic mass is 10.1. The maximum atomic E-state index is 11.8. The van der Waals surface area contributed by atoms with Crippen LogP contribution in [0, 0.1) is 0 Å². The fourth-order valence-corrected chi connectivity index (χ4v) is 2.70. The van der Waals surface area contributed by atoms with Crippen molar-refractivity contribution in [3.8, 4) is 0 Å². The molecule has 154 valence electrons. The summed E-state index contributed by atoms with van der Waals surface area (Å²) in [5.41, 5.74) is 0.388. The molecule has 27 heavy (non-hydrogen) atoms. The Morgan fingerprint density at radius 2 is 1.48 bits per heavy atom. The van der Waals surface area contributed by atoms with Crippen LogP contribution >= 0.6 is 0 Å². The van der Waals surface area contributed by atoms with Crippen molar-refractivity contribution in [3.63, 3.8) is 0 Å². The molecule has 0 radical (unpaired) electrons. The number of halogens is 1. The van der Waals surface area contributed by atoms with Gasteiger partial charge in [-0.1, -0.05) is 70.9 Å². The van der Waals surface area contributed by atoms with Crippen LogP contribution in [0.5, 0.6) is 0 Å². The van der Waals surface area contributed by atoms with Gasteiger partial charge in [0.25, 0.3) is 0 Å². The van der Waals surface area contributed by atoms with Gasteiger partial charge >= 0.3 is 5.97 Å². The number of aromatic nitrogens is 1. The second-order valence-electron chi connectivity index (χ2n) is 6.73. The number of rotatable bonds is 16. The van der Waals surface area contributed by atoms with Crippen LogP contribution < -0.4 is 21.5 Å². The molecule has 0 bridgehead atoms. The van der Waals surface area contributed by atoms with Crippen LogP contribution in [0.4, 0.5) is 0 Å². The van der Waals surface area contributed by atoms with Crippen LogP contribution in [-0.2, 0) is 20.8 Å². The van der Waals surface area contributed by atoms with Gasteiger partial charge in [-0.2, -0.15) is 0 Å². The van der Waals surface area contributed by atoms with Crippen molar-refractivity contribution in [2.75, 3.05) is 19.8 Å². The Balaban J connectivity index is 0.00000676. The van der Waals surface area contributed by atoms with Crippen molar-refractivity contribution >= 4 is 5.97 Å². The third-order valence-electron chi connectivity index (χ3n) is 4.32. The highest BCUT2D eigenvalue weighted by molar-refractivity contribution is 5.87. The number of carbonyl (C=O) groups excluding carboxylic acids is 1. The van der Waals surface area contributed by atoms with E-state index in [1.165, 1.54) is 51.4 Å². The summed E-state index contributed by atoms with van der Waals surface area (Å²) in [4.78, 5) is 11.8. The minimum atomic E-state index is -0.367. The molecule has 4 nitrogen and oxygen atoms in total. The van der Waals surface area contributed by atoms with E-state index in [-0.39, 0.29) is 29.6 Å². The van der Waals surface area contributed by atoms with E-state index in [1.807, 2.05) is 35.2 Å². The summed E-state index contributed by atoms with van der Waals surface area (Å²) in [5, 5.41) is 0. The zero-order valence-corrected chi connectivity index (χ0v) is 18.4. The maximum absolute atomic E-state index is 11.8. The van der Waals surface area contributed by atoms with E-state index in [4.69, 9.17) is 9.47 Å². The van der Waals surface area contributed by atoms with E-state index in [0.717, 1.165) is 6.42 Å². The molecular formula is C22H36BrNO3. The Morgan fingerprint density at radius 3 is 2.11 bits per heavy atom. The molecule has 0 saturated heterocycles. The number of unbranched alkanes of at least 4 members (excludes halogenated alkanes) is 8. The summed E-state index contributed by atoms with van der Waals surface area (Å²) in [6.45, 7) is 7.92. The highest BCUT2D eigenvalue weighted by atomic mass is 79.9. The molecule has 0 fully saturated rings. The summed E-state index contributed by atoms with van der Waals surface area (Å²) < 4.78 is 12.7. The third-order valence-corrected chi connectivity index (χ3v) is 4.32. The number of esters is 1. The first-order valence-electron chi connectivity index (χ1n) is 10.1. The number of nitrogens with zero attached hydrogens (tertiary/aromatic N) is 1. The van der Waals surface area contributed by atoms with Crippen LogP contribution in [0.1, 0.15) is 64.7 Å². The largest absolute Gasteiger partial charge is 1.00 e.